The Hall–Kier alpha value is -2.81. The summed E-state index contributed by atoms with van der Waals surface area (Å²) < 4.78 is 38.2. The summed E-state index contributed by atoms with van der Waals surface area (Å²) in [5, 5.41) is 13.9. The van der Waals surface area contributed by atoms with Gasteiger partial charge in [0.2, 0.25) is 11.8 Å². The summed E-state index contributed by atoms with van der Waals surface area (Å²) in [6.07, 6.45) is 0.475. The molecule has 0 saturated carbocycles. The van der Waals surface area contributed by atoms with Gasteiger partial charge in [0.25, 0.3) is 0 Å². The minimum atomic E-state index is -0.984. The number of nitrogens with one attached hydrogen (secondary N) is 2. The van der Waals surface area contributed by atoms with Crippen LogP contribution in [0.4, 0.5) is 5.69 Å². The zero-order valence-electron chi connectivity index (χ0n) is 23.4. The van der Waals surface area contributed by atoms with E-state index in [1.165, 1.54) is 6.92 Å². The van der Waals surface area contributed by atoms with Gasteiger partial charge in [-0.1, -0.05) is 0 Å². The number of ether oxygens (including phenoxy) is 7. The molecule has 0 bridgehead atoms. The number of benzene rings is 1. The van der Waals surface area contributed by atoms with Gasteiger partial charge in [0.15, 0.2) is 0 Å². The van der Waals surface area contributed by atoms with E-state index in [4.69, 9.17) is 38.3 Å². The van der Waals surface area contributed by atoms with E-state index in [9.17, 15) is 14.4 Å². The van der Waals surface area contributed by atoms with Gasteiger partial charge in [-0.3, -0.25) is 14.4 Å². The first-order valence-corrected chi connectivity index (χ1v) is 13.4. The lowest BCUT2D eigenvalue weighted by Gasteiger charge is -2.09. The van der Waals surface area contributed by atoms with Gasteiger partial charge < -0.3 is 48.9 Å². The van der Waals surface area contributed by atoms with Gasteiger partial charge >= 0.3 is 5.97 Å². The molecule has 0 fully saturated rings. The van der Waals surface area contributed by atoms with Crippen LogP contribution in [0.2, 0.25) is 0 Å². The molecule has 0 aliphatic heterocycles. The van der Waals surface area contributed by atoms with E-state index in [-0.39, 0.29) is 24.7 Å². The number of amides is 2. The van der Waals surface area contributed by atoms with E-state index in [0.717, 1.165) is 5.69 Å². The average molecular weight is 573 g/mol. The quantitative estimate of drug-likeness (QED) is 0.131. The fourth-order valence-corrected chi connectivity index (χ4v) is 2.97. The van der Waals surface area contributed by atoms with Crippen molar-refractivity contribution in [1.82, 2.24) is 5.32 Å². The third-order valence-electron chi connectivity index (χ3n) is 4.88. The van der Waals surface area contributed by atoms with Crippen LogP contribution in [0.3, 0.4) is 0 Å². The van der Waals surface area contributed by atoms with Gasteiger partial charge in [-0.2, -0.15) is 0 Å². The second kappa shape index (κ2) is 25.2. The molecule has 0 unspecified atom stereocenters. The number of anilines is 1. The van der Waals surface area contributed by atoms with Crippen LogP contribution in [0.15, 0.2) is 24.3 Å². The Morgan fingerprint density at radius 2 is 1.10 bits per heavy atom. The molecule has 0 radical (unpaired) electrons. The molecular weight excluding hydrogens is 528 g/mol. The molecule has 40 heavy (non-hydrogen) atoms. The number of hydrogen-bond donors (Lipinski definition) is 3. The lowest BCUT2D eigenvalue weighted by molar-refractivity contribution is -0.138. The number of hydrogen-bond acceptors (Lipinski definition) is 10. The van der Waals surface area contributed by atoms with E-state index in [2.05, 4.69) is 10.6 Å². The predicted molar refractivity (Wildman–Crippen MR) is 146 cm³/mol. The first kappa shape index (κ1) is 35.2. The predicted octanol–water partition coefficient (Wildman–Crippen LogP) is 1.49. The molecule has 2 amide bonds. The van der Waals surface area contributed by atoms with Crippen LogP contribution < -0.4 is 15.4 Å². The smallest absolute Gasteiger partial charge is 0.303 e. The van der Waals surface area contributed by atoms with E-state index < -0.39 is 5.97 Å². The Morgan fingerprint density at radius 3 is 1.55 bits per heavy atom. The van der Waals surface area contributed by atoms with Crippen molar-refractivity contribution in [2.24, 2.45) is 0 Å². The number of rotatable bonds is 27. The number of carboxylic acid groups (broad SMARTS) is 1. The van der Waals surface area contributed by atoms with Crippen molar-refractivity contribution in [3.05, 3.63) is 24.3 Å². The molecule has 1 aromatic carbocycles. The highest BCUT2D eigenvalue weighted by Crippen LogP contribution is 2.15. The Balaban J connectivity index is 1.72. The summed E-state index contributed by atoms with van der Waals surface area (Å²) in [6, 6.07) is 7.14. The third-order valence-corrected chi connectivity index (χ3v) is 4.88. The summed E-state index contributed by atoms with van der Waals surface area (Å²) in [5.74, 6) is -0.660. The zero-order valence-corrected chi connectivity index (χ0v) is 23.4. The fraction of sp³-hybridized carbons (Fsp3) is 0.667. The molecule has 0 aliphatic carbocycles. The van der Waals surface area contributed by atoms with E-state index in [1.54, 1.807) is 24.3 Å². The van der Waals surface area contributed by atoms with Crippen molar-refractivity contribution >= 4 is 23.5 Å². The minimum Gasteiger partial charge on any atom is -0.491 e. The van der Waals surface area contributed by atoms with Crippen LogP contribution in [0.25, 0.3) is 0 Å². The summed E-state index contributed by atoms with van der Waals surface area (Å²) in [4.78, 5) is 32.7. The minimum absolute atomic E-state index is 0.0110. The molecule has 228 valence electrons. The van der Waals surface area contributed by atoms with Crippen LogP contribution in [0, 0.1) is 0 Å². The second-order valence-corrected chi connectivity index (χ2v) is 8.33. The fourth-order valence-electron chi connectivity index (χ4n) is 2.97. The lowest BCUT2D eigenvalue weighted by atomic mass is 10.3. The SMILES string of the molecule is CC(=O)Nc1ccc(OCCOCCOCCOCCOCCOCCOCCCNC(=O)CCC(=O)O)cc1. The molecule has 0 atom stereocenters. The molecule has 0 aliphatic rings. The maximum atomic E-state index is 11.3. The van der Waals surface area contributed by atoms with Crippen molar-refractivity contribution in [3.8, 4) is 5.75 Å². The first-order valence-electron chi connectivity index (χ1n) is 13.4. The molecule has 0 spiro atoms. The van der Waals surface area contributed by atoms with Crippen molar-refractivity contribution in [2.75, 3.05) is 97.8 Å². The van der Waals surface area contributed by atoms with Crippen LogP contribution >= 0.6 is 0 Å². The molecule has 13 heteroatoms. The monoisotopic (exact) mass is 572 g/mol. The summed E-state index contributed by atoms with van der Waals surface area (Å²) in [5.41, 5.74) is 0.724. The van der Waals surface area contributed by atoms with Crippen LogP contribution in [0.5, 0.6) is 5.75 Å². The van der Waals surface area contributed by atoms with E-state index >= 15 is 0 Å². The van der Waals surface area contributed by atoms with Crippen LogP contribution in [0.1, 0.15) is 26.2 Å². The van der Waals surface area contributed by atoms with Gasteiger partial charge in [0.1, 0.15) is 12.4 Å². The number of carbonyl (C=O) groups is 3. The Kier molecular flexibility index (Phi) is 22.2. The Labute approximate surface area is 235 Å². The number of aliphatic carboxylic acids is 1. The van der Waals surface area contributed by atoms with Crippen molar-refractivity contribution in [2.45, 2.75) is 26.2 Å². The van der Waals surface area contributed by atoms with Crippen molar-refractivity contribution in [3.63, 3.8) is 0 Å². The maximum Gasteiger partial charge on any atom is 0.303 e. The molecule has 0 aromatic heterocycles. The van der Waals surface area contributed by atoms with Gasteiger partial charge in [0, 0.05) is 32.2 Å². The van der Waals surface area contributed by atoms with E-state index in [0.29, 0.717) is 105 Å². The standard InChI is InChI=1S/C27H44N2O11/c1-23(30)29-24-3-5-25(6-4-24)40-22-21-39-20-19-38-18-17-37-16-15-36-14-13-35-12-11-34-10-2-9-28-26(31)7-8-27(32)33/h3-6H,2,7-22H2,1H3,(H,28,31)(H,29,30)(H,32,33). The van der Waals surface area contributed by atoms with Gasteiger partial charge in [-0.15, -0.1) is 0 Å². The third kappa shape index (κ3) is 23.1. The largest absolute Gasteiger partial charge is 0.491 e. The molecule has 13 nitrogen and oxygen atoms in total. The lowest BCUT2D eigenvalue weighted by Crippen LogP contribution is -2.25. The van der Waals surface area contributed by atoms with Gasteiger partial charge in [0.05, 0.1) is 79.1 Å². The van der Waals surface area contributed by atoms with Crippen molar-refractivity contribution in [1.29, 1.82) is 0 Å². The second-order valence-electron chi connectivity index (χ2n) is 8.33. The Morgan fingerprint density at radius 1 is 0.650 bits per heavy atom. The number of carbonyl (C=O) groups excluding carboxylic acids is 2. The van der Waals surface area contributed by atoms with Crippen LogP contribution in [-0.2, 0) is 42.8 Å². The van der Waals surface area contributed by atoms with E-state index in [1.807, 2.05) is 0 Å². The molecular formula is C27H44N2O11. The normalized spacial score (nSPS) is 10.8. The molecule has 1 aromatic rings. The molecule has 0 saturated heterocycles. The molecule has 3 N–H and O–H groups in total. The topological polar surface area (TPSA) is 160 Å². The Bertz CT molecular complexity index is 793. The first-order chi connectivity index (χ1) is 19.5. The highest BCUT2D eigenvalue weighted by molar-refractivity contribution is 5.88. The van der Waals surface area contributed by atoms with Crippen LogP contribution in [-0.4, -0.2) is 115 Å². The van der Waals surface area contributed by atoms with Gasteiger partial charge in [-0.25, -0.2) is 0 Å². The molecule has 0 heterocycles. The number of carboxylic acids is 1. The van der Waals surface area contributed by atoms with Crippen molar-refractivity contribution < 1.29 is 52.6 Å². The highest BCUT2D eigenvalue weighted by Gasteiger charge is 2.04. The summed E-state index contributed by atoms with van der Waals surface area (Å²) in [7, 11) is 0. The average Bonchev–Trinajstić information content (AvgIpc) is 2.93. The maximum absolute atomic E-state index is 11.3. The zero-order chi connectivity index (χ0) is 29.1. The highest BCUT2D eigenvalue weighted by atomic mass is 16.6. The summed E-state index contributed by atoms with van der Waals surface area (Å²) >= 11 is 0. The van der Waals surface area contributed by atoms with Gasteiger partial charge in [-0.05, 0) is 30.7 Å². The summed E-state index contributed by atoms with van der Waals surface area (Å²) in [6.45, 7) is 7.91. The molecule has 1 rings (SSSR count).